The molecule has 0 unspecified atom stereocenters. The van der Waals surface area contributed by atoms with Gasteiger partial charge in [-0.2, -0.15) is 0 Å². The summed E-state index contributed by atoms with van der Waals surface area (Å²) >= 11 is 0. The highest BCUT2D eigenvalue weighted by Gasteiger charge is 2.26. The number of β-amino-alcohol motifs (C(OH)–C–C–N with tert-alkyl or cyclic N) is 1. The Hall–Kier alpha value is -2.71. The van der Waals surface area contributed by atoms with E-state index in [0.717, 1.165) is 6.07 Å². The molecule has 1 atom stereocenters. The molecule has 1 aliphatic heterocycles. The zero-order valence-electron chi connectivity index (χ0n) is 15.6. The van der Waals surface area contributed by atoms with Crippen LogP contribution in [-0.2, 0) is 11.2 Å². The smallest absolute Gasteiger partial charge is 0.262 e. The van der Waals surface area contributed by atoms with Gasteiger partial charge in [0.2, 0.25) is 0 Å². The number of phenolic OH excluding ortho intramolecular Hbond substituents is 1. The first kappa shape index (κ1) is 22.6. The van der Waals surface area contributed by atoms with E-state index in [2.05, 4.69) is 10.6 Å². The molecule has 8 heteroatoms. The number of rotatable bonds is 6. The van der Waals surface area contributed by atoms with Gasteiger partial charge in [-0.25, -0.2) is 8.78 Å². The summed E-state index contributed by atoms with van der Waals surface area (Å²) in [4.78, 5) is 11.5. The van der Waals surface area contributed by atoms with Crippen LogP contribution in [0.4, 0.5) is 14.5 Å². The number of aliphatic hydroxyl groups excluding tert-OH is 1. The molecule has 0 radical (unpaired) electrons. The fraction of sp³-hybridized carbons (Fsp3) is 0.381. The van der Waals surface area contributed by atoms with Crippen LogP contribution in [-0.4, -0.2) is 34.8 Å². The number of aromatic hydroxyl groups is 1. The molecule has 0 aliphatic carbocycles. The quantitative estimate of drug-likeness (QED) is 0.589. The molecule has 158 valence electrons. The average Bonchev–Trinajstić information content (AvgIpc) is 2.61. The van der Waals surface area contributed by atoms with E-state index in [4.69, 9.17) is 4.74 Å². The molecule has 1 aliphatic rings. The molecule has 0 aromatic heterocycles. The summed E-state index contributed by atoms with van der Waals surface area (Å²) in [5.41, 5.74) is 0.365. The van der Waals surface area contributed by atoms with Gasteiger partial charge in [0.1, 0.15) is 23.1 Å². The van der Waals surface area contributed by atoms with E-state index in [1.54, 1.807) is 0 Å². The van der Waals surface area contributed by atoms with Crippen molar-refractivity contribution in [1.29, 1.82) is 0 Å². The zero-order valence-corrected chi connectivity index (χ0v) is 15.6. The SMILES string of the molecule is C.CC(C)(Cc1ccc(F)cc1F)NC[C@H](O)c1cc(O)cc2c1OCC(=O)N2. The van der Waals surface area contributed by atoms with E-state index in [1.165, 1.54) is 24.3 Å². The van der Waals surface area contributed by atoms with Crippen molar-refractivity contribution < 1.29 is 28.5 Å². The lowest BCUT2D eigenvalue weighted by Gasteiger charge is -2.29. The maximum atomic E-state index is 13.9. The van der Waals surface area contributed by atoms with Crippen molar-refractivity contribution in [3.63, 3.8) is 0 Å². The minimum Gasteiger partial charge on any atom is -0.508 e. The second-order valence-corrected chi connectivity index (χ2v) is 7.44. The summed E-state index contributed by atoms with van der Waals surface area (Å²) in [6.07, 6.45) is -0.774. The molecule has 0 spiro atoms. The molecule has 29 heavy (non-hydrogen) atoms. The van der Waals surface area contributed by atoms with Crippen molar-refractivity contribution in [1.82, 2.24) is 5.32 Å². The summed E-state index contributed by atoms with van der Waals surface area (Å²) in [6.45, 7) is 3.57. The number of fused-ring (bicyclic) bond motifs is 1. The van der Waals surface area contributed by atoms with Gasteiger partial charge in [-0.1, -0.05) is 13.5 Å². The van der Waals surface area contributed by atoms with Gasteiger partial charge in [0.05, 0.1) is 11.8 Å². The number of phenols is 1. The molecule has 0 saturated heterocycles. The van der Waals surface area contributed by atoms with Crippen LogP contribution in [0, 0.1) is 11.6 Å². The highest BCUT2D eigenvalue weighted by atomic mass is 19.1. The number of hydrogen-bond donors (Lipinski definition) is 4. The van der Waals surface area contributed by atoms with Crippen LogP contribution in [0.15, 0.2) is 30.3 Å². The molecule has 6 nitrogen and oxygen atoms in total. The van der Waals surface area contributed by atoms with E-state index >= 15 is 0 Å². The summed E-state index contributed by atoms with van der Waals surface area (Å²) in [6, 6.07) is 6.15. The van der Waals surface area contributed by atoms with E-state index in [9.17, 15) is 23.8 Å². The van der Waals surface area contributed by atoms with Crippen LogP contribution < -0.4 is 15.4 Å². The molecule has 2 aromatic rings. The maximum absolute atomic E-state index is 13.9. The van der Waals surface area contributed by atoms with Gasteiger partial charge in [0.15, 0.2) is 6.61 Å². The van der Waals surface area contributed by atoms with Gasteiger partial charge in [-0.05, 0) is 38.0 Å². The van der Waals surface area contributed by atoms with Crippen molar-refractivity contribution in [2.75, 3.05) is 18.5 Å². The predicted molar refractivity (Wildman–Crippen MR) is 106 cm³/mol. The van der Waals surface area contributed by atoms with Crippen LogP contribution in [0.25, 0.3) is 0 Å². The highest BCUT2D eigenvalue weighted by Crippen LogP contribution is 2.38. The van der Waals surface area contributed by atoms with E-state index in [0.29, 0.717) is 16.9 Å². The first-order valence-corrected chi connectivity index (χ1v) is 8.81. The van der Waals surface area contributed by atoms with Crippen LogP contribution in [0.3, 0.4) is 0 Å². The lowest BCUT2D eigenvalue weighted by atomic mass is 9.94. The third-order valence-electron chi connectivity index (χ3n) is 4.50. The first-order valence-electron chi connectivity index (χ1n) is 8.81. The Morgan fingerprint density at radius 3 is 2.69 bits per heavy atom. The Morgan fingerprint density at radius 2 is 2.00 bits per heavy atom. The van der Waals surface area contributed by atoms with Gasteiger partial charge < -0.3 is 25.6 Å². The lowest BCUT2D eigenvalue weighted by Crippen LogP contribution is -2.43. The number of aliphatic hydroxyl groups is 1. The fourth-order valence-corrected chi connectivity index (χ4v) is 3.15. The topological polar surface area (TPSA) is 90.8 Å². The van der Waals surface area contributed by atoms with Gasteiger partial charge >= 0.3 is 0 Å². The van der Waals surface area contributed by atoms with E-state index in [-0.39, 0.29) is 44.3 Å². The average molecular weight is 408 g/mol. The van der Waals surface area contributed by atoms with Gasteiger partial charge in [0, 0.05) is 29.8 Å². The largest absolute Gasteiger partial charge is 0.508 e. The van der Waals surface area contributed by atoms with Crippen molar-refractivity contribution in [2.24, 2.45) is 0 Å². The number of ether oxygens (including phenoxy) is 1. The van der Waals surface area contributed by atoms with Gasteiger partial charge in [-0.3, -0.25) is 4.79 Å². The third-order valence-corrected chi connectivity index (χ3v) is 4.50. The molecule has 3 rings (SSSR count). The molecule has 1 amide bonds. The van der Waals surface area contributed by atoms with Crippen molar-refractivity contribution in [2.45, 2.75) is 39.3 Å². The number of halogens is 2. The zero-order chi connectivity index (χ0) is 20.5. The first-order chi connectivity index (χ1) is 13.1. The Morgan fingerprint density at radius 1 is 1.28 bits per heavy atom. The monoisotopic (exact) mass is 408 g/mol. The number of hydrogen-bond acceptors (Lipinski definition) is 5. The molecular weight excluding hydrogens is 382 g/mol. The van der Waals surface area contributed by atoms with Crippen molar-refractivity contribution in [3.05, 3.63) is 53.1 Å². The van der Waals surface area contributed by atoms with Crippen molar-refractivity contribution >= 4 is 11.6 Å². The standard InChI is InChI=1S/C20H22F2N2O4.CH4/c1-20(2,8-11-3-4-12(21)5-15(11)22)23-9-17(26)14-6-13(25)7-16-19(14)28-10-18(27)24-16;/h3-7,17,23,25-26H,8-10H2,1-2H3,(H,24,27);1H4/t17-;/m0./s1. The Balaban J connectivity index is 0.00000300. The second-order valence-electron chi connectivity index (χ2n) is 7.44. The highest BCUT2D eigenvalue weighted by molar-refractivity contribution is 5.96. The van der Waals surface area contributed by atoms with Crippen LogP contribution in [0.1, 0.15) is 38.5 Å². The number of anilines is 1. The number of amides is 1. The number of carbonyl (C=O) groups excluding carboxylic acids is 1. The molecule has 0 saturated carbocycles. The summed E-state index contributed by atoms with van der Waals surface area (Å²) in [5.74, 6) is -1.43. The number of carbonyl (C=O) groups is 1. The molecule has 2 aromatic carbocycles. The Labute approximate surface area is 168 Å². The molecule has 0 fully saturated rings. The second kappa shape index (κ2) is 8.75. The third kappa shape index (κ3) is 5.42. The van der Waals surface area contributed by atoms with Crippen LogP contribution in [0.5, 0.6) is 11.5 Å². The molecule has 0 bridgehead atoms. The molecule has 1 heterocycles. The Bertz CT molecular complexity index is 902. The van der Waals surface area contributed by atoms with Crippen molar-refractivity contribution in [3.8, 4) is 11.5 Å². The van der Waals surface area contributed by atoms with Gasteiger partial charge in [-0.15, -0.1) is 0 Å². The molecule has 4 N–H and O–H groups in total. The summed E-state index contributed by atoms with van der Waals surface area (Å²) in [7, 11) is 0. The Kier molecular flexibility index (Phi) is 6.81. The van der Waals surface area contributed by atoms with Gasteiger partial charge in [0.25, 0.3) is 5.91 Å². The summed E-state index contributed by atoms with van der Waals surface area (Å²) in [5, 5.41) is 26.2. The molecular formula is C21H26F2N2O4. The fourth-order valence-electron chi connectivity index (χ4n) is 3.15. The minimum atomic E-state index is -1.05. The van der Waals surface area contributed by atoms with Crippen LogP contribution >= 0.6 is 0 Å². The van der Waals surface area contributed by atoms with Crippen LogP contribution in [0.2, 0.25) is 0 Å². The predicted octanol–water partition coefficient (Wildman–Crippen LogP) is 3.28. The number of benzene rings is 2. The lowest BCUT2D eigenvalue weighted by molar-refractivity contribution is -0.118. The summed E-state index contributed by atoms with van der Waals surface area (Å²) < 4.78 is 32.4. The maximum Gasteiger partial charge on any atom is 0.262 e. The minimum absolute atomic E-state index is 0. The van der Waals surface area contributed by atoms with E-state index in [1.807, 2.05) is 13.8 Å². The van der Waals surface area contributed by atoms with E-state index < -0.39 is 23.3 Å². The normalized spacial score (nSPS) is 14.3. The number of nitrogens with one attached hydrogen (secondary N) is 2.